The molecule has 0 radical (unpaired) electrons. The van der Waals surface area contributed by atoms with Crippen molar-refractivity contribution in [2.24, 2.45) is 0 Å². The predicted octanol–water partition coefficient (Wildman–Crippen LogP) is 4.37. The highest BCUT2D eigenvalue weighted by atomic mass is 19.1. The van der Waals surface area contributed by atoms with E-state index >= 15 is 0 Å². The maximum absolute atomic E-state index is 13.9. The van der Waals surface area contributed by atoms with Gasteiger partial charge in [0.05, 0.1) is 5.69 Å². The number of aromatic nitrogens is 2. The maximum atomic E-state index is 13.9. The van der Waals surface area contributed by atoms with Crippen LogP contribution < -0.4 is 10.2 Å². The monoisotopic (exact) mass is 352 g/mol. The van der Waals surface area contributed by atoms with Crippen LogP contribution >= 0.6 is 0 Å². The average molecular weight is 352 g/mol. The summed E-state index contributed by atoms with van der Waals surface area (Å²) >= 11 is 0. The van der Waals surface area contributed by atoms with Gasteiger partial charge in [-0.2, -0.15) is 4.98 Å². The molecule has 0 saturated heterocycles. The minimum Gasteiger partial charge on any atom is -0.338 e. The summed E-state index contributed by atoms with van der Waals surface area (Å²) in [6.07, 6.45) is 0.933. The third kappa shape index (κ3) is 3.35. The van der Waals surface area contributed by atoms with E-state index in [0.29, 0.717) is 11.8 Å². The molecule has 1 aliphatic heterocycles. The Labute approximate surface area is 150 Å². The molecule has 1 N–H and O–H groups in total. The highest BCUT2D eigenvalue weighted by molar-refractivity contribution is 5.58. The van der Waals surface area contributed by atoms with Crippen molar-refractivity contribution in [1.29, 1.82) is 0 Å². The summed E-state index contributed by atoms with van der Waals surface area (Å²) < 4.78 is 27.0. The van der Waals surface area contributed by atoms with E-state index in [2.05, 4.69) is 38.4 Å². The number of rotatable bonds is 3. The Hall–Kier alpha value is -3.02. The van der Waals surface area contributed by atoms with Gasteiger partial charge in [0, 0.05) is 30.9 Å². The molecule has 4 rings (SSSR count). The molecular formula is C20H18F2N4. The lowest BCUT2D eigenvalue weighted by Crippen LogP contribution is -2.32. The van der Waals surface area contributed by atoms with E-state index < -0.39 is 11.6 Å². The molecule has 0 amide bonds. The Balaban J connectivity index is 1.61. The first-order valence-electron chi connectivity index (χ1n) is 8.48. The molecule has 6 heteroatoms. The second-order valence-electron chi connectivity index (χ2n) is 6.38. The smallest absolute Gasteiger partial charge is 0.227 e. The summed E-state index contributed by atoms with van der Waals surface area (Å²) in [5.74, 6) is -0.185. The van der Waals surface area contributed by atoms with Gasteiger partial charge in [0.25, 0.3) is 0 Å². The number of fused-ring (bicyclic) bond motifs is 1. The zero-order chi connectivity index (χ0) is 18.1. The molecule has 0 unspecified atom stereocenters. The Morgan fingerprint density at radius 3 is 2.62 bits per heavy atom. The minimum absolute atomic E-state index is 0.180. The van der Waals surface area contributed by atoms with Crippen LogP contribution in [0.4, 0.5) is 26.2 Å². The number of hydrogen-bond donors (Lipinski definition) is 1. The van der Waals surface area contributed by atoms with Gasteiger partial charge in [-0.3, -0.25) is 0 Å². The van der Waals surface area contributed by atoms with Crippen molar-refractivity contribution in [3.05, 3.63) is 77.0 Å². The van der Waals surface area contributed by atoms with Crippen molar-refractivity contribution in [3.8, 4) is 0 Å². The van der Waals surface area contributed by atoms with Crippen LogP contribution in [0, 0.1) is 18.6 Å². The molecule has 0 atom stereocenters. The molecular weight excluding hydrogens is 334 g/mol. The third-order valence-corrected chi connectivity index (χ3v) is 4.45. The van der Waals surface area contributed by atoms with Gasteiger partial charge in [-0.15, -0.1) is 0 Å². The lowest BCUT2D eigenvalue weighted by Gasteiger charge is -2.29. The van der Waals surface area contributed by atoms with Crippen LogP contribution in [0.2, 0.25) is 0 Å². The number of nitrogens with zero attached hydrogens (tertiary/aromatic N) is 3. The summed E-state index contributed by atoms with van der Waals surface area (Å²) in [7, 11) is 0. The van der Waals surface area contributed by atoms with E-state index in [1.165, 1.54) is 23.3 Å². The predicted molar refractivity (Wildman–Crippen MR) is 97.6 cm³/mol. The summed E-state index contributed by atoms with van der Waals surface area (Å²) in [6.45, 7) is 3.43. The zero-order valence-corrected chi connectivity index (χ0v) is 14.3. The van der Waals surface area contributed by atoms with E-state index in [-0.39, 0.29) is 5.69 Å². The number of nitrogens with one attached hydrogen (secondary N) is 1. The van der Waals surface area contributed by atoms with Crippen molar-refractivity contribution < 1.29 is 8.78 Å². The van der Waals surface area contributed by atoms with Gasteiger partial charge in [0.2, 0.25) is 5.95 Å². The van der Waals surface area contributed by atoms with E-state index in [0.717, 1.165) is 31.3 Å². The third-order valence-electron chi connectivity index (χ3n) is 4.45. The van der Waals surface area contributed by atoms with E-state index in [1.807, 2.05) is 13.0 Å². The molecule has 1 aromatic heterocycles. The summed E-state index contributed by atoms with van der Waals surface area (Å²) in [5.41, 5.74) is 3.57. The SMILES string of the molecule is Cc1cc(Nc2ccc(F)cc2F)nc(N2CCc3ccccc3C2)n1. The van der Waals surface area contributed by atoms with Crippen molar-refractivity contribution in [3.63, 3.8) is 0 Å². The molecule has 0 aliphatic carbocycles. The van der Waals surface area contributed by atoms with E-state index in [9.17, 15) is 8.78 Å². The van der Waals surface area contributed by atoms with Crippen molar-refractivity contribution in [2.45, 2.75) is 19.9 Å². The molecule has 3 aromatic rings. The molecule has 0 spiro atoms. The van der Waals surface area contributed by atoms with Crippen LogP contribution in [0.25, 0.3) is 0 Å². The largest absolute Gasteiger partial charge is 0.338 e. The summed E-state index contributed by atoms with van der Waals surface area (Å²) in [4.78, 5) is 11.2. The molecule has 1 aliphatic rings. The van der Waals surface area contributed by atoms with E-state index in [4.69, 9.17) is 0 Å². The summed E-state index contributed by atoms with van der Waals surface area (Å²) in [6, 6.07) is 13.5. The highest BCUT2D eigenvalue weighted by Crippen LogP contribution is 2.25. The number of aryl methyl sites for hydroxylation is 1. The lowest BCUT2D eigenvalue weighted by molar-refractivity contribution is 0.586. The lowest BCUT2D eigenvalue weighted by atomic mass is 10.0. The number of halogens is 2. The van der Waals surface area contributed by atoms with Crippen molar-refractivity contribution in [2.75, 3.05) is 16.8 Å². The molecule has 0 saturated carbocycles. The second kappa shape index (κ2) is 6.71. The fourth-order valence-electron chi connectivity index (χ4n) is 3.15. The first-order chi connectivity index (χ1) is 12.6. The van der Waals surface area contributed by atoms with Crippen LogP contribution in [0.5, 0.6) is 0 Å². The molecule has 26 heavy (non-hydrogen) atoms. The van der Waals surface area contributed by atoms with Crippen LogP contribution in [0.15, 0.2) is 48.5 Å². The first kappa shape index (κ1) is 16.4. The normalized spacial score (nSPS) is 13.4. The molecule has 2 aromatic carbocycles. The number of anilines is 3. The number of benzene rings is 2. The fourth-order valence-corrected chi connectivity index (χ4v) is 3.15. The summed E-state index contributed by atoms with van der Waals surface area (Å²) in [5, 5.41) is 2.92. The molecule has 2 heterocycles. The zero-order valence-electron chi connectivity index (χ0n) is 14.3. The average Bonchev–Trinajstić information content (AvgIpc) is 2.63. The quantitative estimate of drug-likeness (QED) is 0.760. The topological polar surface area (TPSA) is 41.1 Å². The van der Waals surface area contributed by atoms with Gasteiger partial charge >= 0.3 is 0 Å². The van der Waals surface area contributed by atoms with Gasteiger partial charge in [-0.1, -0.05) is 24.3 Å². The van der Waals surface area contributed by atoms with Crippen molar-refractivity contribution >= 4 is 17.5 Å². The van der Waals surface area contributed by atoms with Gasteiger partial charge in [0.1, 0.15) is 17.5 Å². The van der Waals surface area contributed by atoms with Crippen LogP contribution in [0.3, 0.4) is 0 Å². The van der Waals surface area contributed by atoms with Gasteiger partial charge in [-0.05, 0) is 36.6 Å². The fraction of sp³-hybridized carbons (Fsp3) is 0.200. The number of hydrogen-bond acceptors (Lipinski definition) is 4. The first-order valence-corrected chi connectivity index (χ1v) is 8.48. The van der Waals surface area contributed by atoms with Crippen LogP contribution in [-0.2, 0) is 13.0 Å². The van der Waals surface area contributed by atoms with E-state index in [1.54, 1.807) is 6.07 Å². The van der Waals surface area contributed by atoms with Gasteiger partial charge in [0.15, 0.2) is 0 Å². The molecule has 0 bridgehead atoms. The maximum Gasteiger partial charge on any atom is 0.227 e. The van der Waals surface area contributed by atoms with Gasteiger partial charge < -0.3 is 10.2 Å². The standard InChI is InChI=1S/C20H18F2N4/c1-13-10-19(24-18-7-6-16(21)11-17(18)22)25-20(23-13)26-9-8-14-4-2-3-5-15(14)12-26/h2-7,10-11H,8-9,12H2,1H3,(H,23,24,25). The minimum atomic E-state index is -0.658. The molecule has 132 valence electrons. The Morgan fingerprint density at radius 1 is 1.00 bits per heavy atom. The van der Waals surface area contributed by atoms with Crippen molar-refractivity contribution in [1.82, 2.24) is 9.97 Å². The molecule has 4 nitrogen and oxygen atoms in total. The highest BCUT2D eigenvalue weighted by Gasteiger charge is 2.19. The Bertz CT molecular complexity index is 958. The molecule has 0 fully saturated rings. The second-order valence-corrected chi connectivity index (χ2v) is 6.38. The van der Waals surface area contributed by atoms with Crippen LogP contribution in [-0.4, -0.2) is 16.5 Å². The van der Waals surface area contributed by atoms with Crippen LogP contribution in [0.1, 0.15) is 16.8 Å². The Kier molecular flexibility index (Phi) is 4.24. The Morgan fingerprint density at radius 2 is 1.81 bits per heavy atom. The van der Waals surface area contributed by atoms with Gasteiger partial charge in [-0.25, -0.2) is 13.8 Å².